The van der Waals surface area contributed by atoms with Crippen LogP contribution in [-0.4, -0.2) is 24.7 Å². The summed E-state index contributed by atoms with van der Waals surface area (Å²) in [5, 5.41) is 0. The van der Waals surface area contributed by atoms with Crippen LogP contribution in [0.25, 0.3) is 0 Å². The van der Waals surface area contributed by atoms with Crippen molar-refractivity contribution in [2.45, 2.75) is 25.7 Å². The molecule has 0 saturated heterocycles. The Balaban J connectivity index is 1.69. The van der Waals surface area contributed by atoms with E-state index in [4.69, 9.17) is 20.9 Å². The normalized spacial score (nSPS) is 11.7. The van der Waals surface area contributed by atoms with Gasteiger partial charge in [0.05, 0.1) is 13.2 Å². The van der Waals surface area contributed by atoms with Gasteiger partial charge in [-0.05, 0) is 71.2 Å². The third-order valence-electron chi connectivity index (χ3n) is 4.14. The van der Waals surface area contributed by atoms with Gasteiger partial charge in [-0.1, -0.05) is 60.8 Å². The topological polar surface area (TPSA) is 18.5 Å². The predicted octanol–water partition coefficient (Wildman–Crippen LogP) is 5.60. The fraction of sp³-hybridized carbons (Fsp3) is 0.400. The van der Waals surface area contributed by atoms with Crippen LogP contribution >= 0.6 is 43.2 Å². The molecule has 2 aromatic rings. The first-order chi connectivity index (χ1) is 13.0. The molecular weight excluding hydrogens is 431 g/mol. The quantitative estimate of drug-likeness (QED) is 0.284. The summed E-state index contributed by atoms with van der Waals surface area (Å²) in [5.41, 5.74) is 2.55. The van der Waals surface area contributed by atoms with Crippen molar-refractivity contribution in [1.82, 2.24) is 0 Å². The lowest BCUT2D eigenvalue weighted by Crippen LogP contribution is -2.00. The molecule has 0 bridgehead atoms. The zero-order chi connectivity index (χ0) is 19.5. The molecule has 7 heteroatoms. The Morgan fingerprint density at radius 1 is 0.630 bits per heavy atom. The summed E-state index contributed by atoms with van der Waals surface area (Å²) in [6, 6.07) is 17.1. The number of aryl methyl sites for hydroxylation is 2. The molecule has 0 atom stereocenters. The van der Waals surface area contributed by atoms with Crippen LogP contribution in [0.15, 0.2) is 48.5 Å². The number of hydrogen-bond acceptors (Lipinski definition) is 5. The summed E-state index contributed by atoms with van der Waals surface area (Å²) in [6.45, 7) is 1.04. The lowest BCUT2D eigenvalue weighted by molar-refractivity contribution is 0.264. The molecule has 148 valence electrons. The molecule has 0 aliphatic rings. The SMILES string of the molecule is S=P(S)(OCCc1ccc(CCS)cc1)OCCc1ccc(CCS)cc1. The summed E-state index contributed by atoms with van der Waals surface area (Å²) in [4.78, 5) is 0. The van der Waals surface area contributed by atoms with E-state index < -0.39 is 5.69 Å². The molecule has 0 radical (unpaired) electrons. The predicted molar refractivity (Wildman–Crippen MR) is 131 cm³/mol. The van der Waals surface area contributed by atoms with E-state index in [2.05, 4.69) is 86.0 Å². The second-order valence-electron chi connectivity index (χ2n) is 6.22. The molecule has 0 amide bonds. The molecule has 0 fully saturated rings. The van der Waals surface area contributed by atoms with Crippen molar-refractivity contribution in [3.05, 3.63) is 70.8 Å². The summed E-state index contributed by atoms with van der Waals surface area (Å²) in [5.74, 6) is 1.73. The van der Waals surface area contributed by atoms with Gasteiger partial charge in [0.15, 0.2) is 0 Å². The van der Waals surface area contributed by atoms with Gasteiger partial charge in [0, 0.05) is 0 Å². The van der Waals surface area contributed by atoms with Gasteiger partial charge >= 0.3 is 0 Å². The van der Waals surface area contributed by atoms with Crippen LogP contribution in [0.5, 0.6) is 0 Å². The summed E-state index contributed by atoms with van der Waals surface area (Å²) >= 11 is 18.3. The van der Waals surface area contributed by atoms with Crippen molar-refractivity contribution in [2.24, 2.45) is 0 Å². The van der Waals surface area contributed by atoms with Crippen molar-refractivity contribution in [3.8, 4) is 0 Å². The van der Waals surface area contributed by atoms with E-state index in [0.717, 1.165) is 37.2 Å². The van der Waals surface area contributed by atoms with Crippen molar-refractivity contribution in [3.63, 3.8) is 0 Å². The van der Waals surface area contributed by atoms with E-state index in [-0.39, 0.29) is 0 Å². The van der Waals surface area contributed by atoms with E-state index in [0.29, 0.717) is 13.2 Å². The molecule has 2 aromatic carbocycles. The first kappa shape index (κ1) is 23.3. The molecule has 0 aliphatic heterocycles. The molecule has 0 aromatic heterocycles. The Labute approximate surface area is 184 Å². The molecule has 27 heavy (non-hydrogen) atoms. The molecule has 0 spiro atoms. The van der Waals surface area contributed by atoms with E-state index in [1.54, 1.807) is 0 Å². The third-order valence-corrected chi connectivity index (χ3v) is 6.93. The van der Waals surface area contributed by atoms with Crippen molar-refractivity contribution >= 4 is 55.0 Å². The van der Waals surface area contributed by atoms with E-state index >= 15 is 0 Å². The molecule has 2 rings (SSSR count). The van der Waals surface area contributed by atoms with E-state index in [1.165, 1.54) is 22.3 Å². The Bertz CT molecular complexity index is 660. The van der Waals surface area contributed by atoms with Crippen LogP contribution in [0, 0.1) is 0 Å². The number of rotatable bonds is 12. The maximum atomic E-state index is 5.75. The third kappa shape index (κ3) is 9.40. The smallest absolute Gasteiger partial charge is 0.244 e. The number of thiol groups is 3. The van der Waals surface area contributed by atoms with Gasteiger partial charge < -0.3 is 9.05 Å². The minimum atomic E-state index is -2.50. The highest BCUT2D eigenvalue weighted by molar-refractivity contribution is 8.60. The molecule has 0 N–H and O–H groups in total. The van der Waals surface area contributed by atoms with Crippen LogP contribution in [0.4, 0.5) is 0 Å². The zero-order valence-electron chi connectivity index (χ0n) is 15.3. The van der Waals surface area contributed by atoms with Crippen LogP contribution in [0.2, 0.25) is 0 Å². The summed E-state index contributed by atoms with van der Waals surface area (Å²) < 4.78 is 11.5. The molecule has 0 aliphatic carbocycles. The maximum Gasteiger partial charge on any atom is 0.244 e. The second kappa shape index (κ2) is 12.6. The molecule has 0 heterocycles. The lowest BCUT2D eigenvalue weighted by atomic mass is 10.1. The summed E-state index contributed by atoms with van der Waals surface area (Å²) in [7, 11) is 0. The molecule has 2 nitrogen and oxygen atoms in total. The van der Waals surface area contributed by atoms with Gasteiger partial charge in [-0.15, -0.1) is 0 Å². The molecule has 0 unspecified atom stereocenters. The second-order valence-corrected chi connectivity index (χ2v) is 12.4. The van der Waals surface area contributed by atoms with Crippen molar-refractivity contribution in [1.29, 1.82) is 0 Å². The summed E-state index contributed by atoms with van der Waals surface area (Å²) in [6.07, 6.45) is 3.58. The number of benzene rings is 2. The van der Waals surface area contributed by atoms with Crippen LogP contribution in [-0.2, 0) is 46.5 Å². The minimum Gasteiger partial charge on any atom is -0.321 e. The van der Waals surface area contributed by atoms with E-state index in [1.807, 2.05) is 0 Å². The van der Waals surface area contributed by atoms with E-state index in [9.17, 15) is 0 Å². The fourth-order valence-electron chi connectivity index (χ4n) is 2.60. The van der Waals surface area contributed by atoms with Gasteiger partial charge in [0.2, 0.25) is 5.69 Å². The standard InChI is InChI=1S/C20H27O2PS4/c24-15-11-19-5-1-17(2-6-19)9-13-21-23(26,27)22-14-10-18-3-7-20(8-4-18)12-16-25/h1-8,24-25H,9-16H2,(H,26,27). The fourth-order valence-corrected chi connectivity index (χ4v) is 4.77. The van der Waals surface area contributed by atoms with Crippen LogP contribution in [0.1, 0.15) is 22.3 Å². The monoisotopic (exact) mass is 458 g/mol. The Kier molecular flexibility index (Phi) is 10.9. The van der Waals surface area contributed by atoms with Crippen LogP contribution < -0.4 is 0 Å². The van der Waals surface area contributed by atoms with Gasteiger partial charge in [-0.3, -0.25) is 0 Å². The lowest BCUT2D eigenvalue weighted by Gasteiger charge is -2.17. The maximum absolute atomic E-state index is 5.75. The first-order valence-corrected chi connectivity index (χ1v) is 14.1. The highest BCUT2D eigenvalue weighted by Gasteiger charge is 2.13. The number of hydrogen-bond donors (Lipinski definition) is 3. The van der Waals surface area contributed by atoms with Crippen molar-refractivity contribution in [2.75, 3.05) is 24.7 Å². The minimum absolute atomic E-state index is 0.519. The van der Waals surface area contributed by atoms with Gasteiger partial charge in [-0.2, -0.15) is 25.3 Å². The van der Waals surface area contributed by atoms with Crippen molar-refractivity contribution < 1.29 is 9.05 Å². The Morgan fingerprint density at radius 2 is 0.926 bits per heavy atom. The van der Waals surface area contributed by atoms with Gasteiger partial charge in [0.1, 0.15) is 0 Å². The average molecular weight is 459 g/mol. The molecular formula is C20H27O2PS4. The first-order valence-electron chi connectivity index (χ1n) is 9.01. The van der Waals surface area contributed by atoms with Gasteiger partial charge in [-0.25, -0.2) is 0 Å². The molecule has 0 saturated carbocycles. The highest BCUT2D eigenvalue weighted by Crippen LogP contribution is 2.53. The average Bonchev–Trinajstić information content (AvgIpc) is 2.65. The zero-order valence-corrected chi connectivity index (χ0v) is 19.7. The largest absolute Gasteiger partial charge is 0.321 e. The Hall–Kier alpha value is 0.0600. The van der Waals surface area contributed by atoms with Crippen LogP contribution in [0.3, 0.4) is 0 Å². The highest BCUT2D eigenvalue weighted by atomic mass is 32.9. The Morgan fingerprint density at radius 3 is 1.22 bits per heavy atom. The van der Waals surface area contributed by atoms with Gasteiger partial charge in [0.25, 0.3) is 0 Å².